The molecule has 0 N–H and O–H groups in total. The van der Waals surface area contributed by atoms with Crippen molar-refractivity contribution in [3.8, 4) is 22.5 Å². The highest BCUT2D eigenvalue weighted by Crippen LogP contribution is 2.31. The highest BCUT2D eigenvalue weighted by Gasteiger charge is 2.15. The molecule has 3 aromatic rings. The Morgan fingerprint density at radius 1 is 1.06 bits per heavy atom. The van der Waals surface area contributed by atoms with Crippen LogP contribution in [0.4, 0.5) is 0 Å². The maximum Gasteiger partial charge on any atom is 0.299 e. The predicted molar refractivity (Wildman–Crippen MR) is 127 cm³/mol. The van der Waals surface area contributed by atoms with Crippen molar-refractivity contribution in [3.05, 3.63) is 46.9 Å². The molecule has 7 heteroatoms. The van der Waals surface area contributed by atoms with Crippen molar-refractivity contribution in [2.45, 2.75) is 54.4 Å². The fraction of sp³-hybridized carbons (Fsp3) is 0.500. The van der Waals surface area contributed by atoms with Gasteiger partial charge in [-0.25, -0.2) is 4.98 Å². The van der Waals surface area contributed by atoms with E-state index in [0.717, 1.165) is 42.9 Å². The average molecular weight is 440 g/mol. The minimum Gasteiger partial charge on any atom is -0.430 e. The number of aryl methyl sites for hydroxylation is 2. The Labute approximate surface area is 189 Å². The number of likely N-dealkylation sites (N-methyl/N-ethyl adjacent to an activating group) is 1. The molecular weight excluding hydrogens is 406 g/mol. The lowest BCUT2D eigenvalue weighted by Gasteiger charge is -2.16. The van der Waals surface area contributed by atoms with E-state index in [1.807, 2.05) is 6.20 Å². The van der Waals surface area contributed by atoms with Gasteiger partial charge in [-0.1, -0.05) is 33.8 Å². The summed E-state index contributed by atoms with van der Waals surface area (Å²) in [5, 5.41) is 0.511. The summed E-state index contributed by atoms with van der Waals surface area (Å²) in [4.78, 5) is 15.9. The van der Waals surface area contributed by atoms with Crippen molar-refractivity contribution < 1.29 is 4.74 Å². The minimum absolute atomic E-state index is 0.174. The zero-order valence-electron chi connectivity index (χ0n) is 19.7. The normalized spacial score (nSPS) is 11.9. The van der Waals surface area contributed by atoms with Gasteiger partial charge in [-0.15, -0.1) is 0 Å². The summed E-state index contributed by atoms with van der Waals surface area (Å²) >= 11 is 1.23. The van der Waals surface area contributed by atoms with E-state index in [0.29, 0.717) is 16.7 Å². The quantitative estimate of drug-likeness (QED) is 0.463. The molecule has 31 heavy (non-hydrogen) atoms. The number of aromatic nitrogens is 4. The Hall–Kier alpha value is -2.38. The van der Waals surface area contributed by atoms with Gasteiger partial charge in [-0.2, -0.15) is 9.36 Å². The molecule has 3 rings (SSSR count). The predicted octanol–water partition coefficient (Wildman–Crippen LogP) is 5.49. The van der Waals surface area contributed by atoms with E-state index in [2.05, 4.69) is 84.9 Å². The first kappa shape index (κ1) is 23.3. The van der Waals surface area contributed by atoms with Crippen molar-refractivity contribution in [2.75, 3.05) is 20.1 Å². The summed E-state index contributed by atoms with van der Waals surface area (Å²) in [6.45, 7) is 15.1. The summed E-state index contributed by atoms with van der Waals surface area (Å²) in [7, 11) is 2.15. The van der Waals surface area contributed by atoms with Crippen molar-refractivity contribution in [2.24, 2.45) is 5.41 Å². The van der Waals surface area contributed by atoms with Gasteiger partial charge in [0, 0.05) is 24.3 Å². The molecule has 0 amide bonds. The van der Waals surface area contributed by atoms with Gasteiger partial charge < -0.3 is 9.64 Å². The van der Waals surface area contributed by atoms with Gasteiger partial charge in [0.15, 0.2) is 5.82 Å². The van der Waals surface area contributed by atoms with Crippen LogP contribution in [0, 0.1) is 19.3 Å². The van der Waals surface area contributed by atoms with E-state index in [1.165, 1.54) is 22.7 Å². The molecule has 0 radical (unpaired) electrons. The van der Waals surface area contributed by atoms with Gasteiger partial charge in [0.2, 0.25) is 0 Å². The highest BCUT2D eigenvalue weighted by atomic mass is 32.1. The Kier molecular flexibility index (Phi) is 7.38. The average Bonchev–Trinajstić information content (AvgIpc) is 3.17. The maximum absolute atomic E-state index is 6.07. The van der Waals surface area contributed by atoms with E-state index in [1.54, 1.807) is 6.20 Å². The number of nitrogens with zero attached hydrogens (tertiary/aromatic N) is 5. The fourth-order valence-corrected chi connectivity index (χ4v) is 3.81. The Morgan fingerprint density at radius 3 is 2.48 bits per heavy atom. The monoisotopic (exact) mass is 439 g/mol. The summed E-state index contributed by atoms with van der Waals surface area (Å²) in [5.41, 5.74) is 5.49. The molecule has 2 heterocycles. The van der Waals surface area contributed by atoms with E-state index >= 15 is 0 Å². The molecular formula is C24H33N5OS. The molecule has 0 fully saturated rings. The first-order valence-electron chi connectivity index (χ1n) is 10.8. The van der Waals surface area contributed by atoms with E-state index in [9.17, 15) is 0 Å². The number of rotatable bonds is 8. The third-order valence-corrected chi connectivity index (χ3v) is 5.78. The van der Waals surface area contributed by atoms with Crippen molar-refractivity contribution in [1.82, 2.24) is 24.2 Å². The fourth-order valence-electron chi connectivity index (χ4n) is 3.25. The molecule has 0 atom stereocenters. The molecule has 0 aliphatic carbocycles. The van der Waals surface area contributed by atoms with Crippen LogP contribution in [-0.2, 0) is 12.8 Å². The number of hydrogen-bond acceptors (Lipinski definition) is 7. The van der Waals surface area contributed by atoms with Crippen LogP contribution in [0.5, 0.6) is 10.9 Å². The first-order chi connectivity index (χ1) is 14.6. The maximum atomic E-state index is 6.07. The number of ether oxygens (including phenoxy) is 1. The number of benzene rings is 1. The zero-order chi connectivity index (χ0) is 22.6. The second-order valence-electron chi connectivity index (χ2n) is 9.31. The standard InChI is InChI=1S/C24H33N5OS/c1-8-29(7)10-9-18-11-17(3)21(12-16(18)2)30-23-27-22(28-31-23)20-15-25-19(14-26-20)13-24(4,5)6/h11-12,14-15H,8-10,13H2,1-7H3. The summed E-state index contributed by atoms with van der Waals surface area (Å²) in [6, 6.07) is 4.31. The van der Waals surface area contributed by atoms with Gasteiger partial charge >= 0.3 is 0 Å². The Balaban J connectivity index is 1.70. The topological polar surface area (TPSA) is 64.0 Å². The number of hydrogen-bond donors (Lipinski definition) is 0. The lowest BCUT2D eigenvalue weighted by Crippen LogP contribution is -2.20. The van der Waals surface area contributed by atoms with Gasteiger partial charge in [0.25, 0.3) is 5.19 Å². The Morgan fingerprint density at radius 2 is 1.84 bits per heavy atom. The van der Waals surface area contributed by atoms with Crippen LogP contribution in [0.1, 0.15) is 50.1 Å². The van der Waals surface area contributed by atoms with Crippen LogP contribution in [0.2, 0.25) is 0 Å². The molecule has 6 nitrogen and oxygen atoms in total. The lowest BCUT2D eigenvalue weighted by molar-refractivity contribution is 0.357. The molecule has 0 unspecified atom stereocenters. The van der Waals surface area contributed by atoms with Gasteiger partial charge in [-0.3, -0.25) is 4.98 Å². The van der Waals surface area contributed by atoms with Crippen LogP contribution in [0.25, 0.3) is 11.5 Å². The highest BCUT2D eigenvalue weighted by molar-refractivity contribution is 7.07. The van der Waals surface area contributed by atoms with Gasteiger partial charge in [0.1, 0.15) is 11.4 Å². The van der Waals surface area contributed by atoms with E-state index in [-0.39, 0.29) is 5.41 Å². The second-order valence-corrected chi connectivity index (χ2v) is 10.0. The van der Waals surface area contributed by atoms with E-state index in [4.69, 9.17) is 4.74 Å². The van der Waals surface area contributed by atoms with Gasteiger partial charge in [0.05, 0.1) is 11.9 Å². The minimum atomic E-state index is 0.174. The lowest BCUT2D eigenvalue weighted by atomic mass is 9.91. The van der Waals surface area contributed by atoms with Crippen LogP contribution in [0.15, 0.2) is 24.5 Å². The second kappa shape index (κ2) is 9.83. The SMILES string of the molecule is CCN(C)CCc1cc(C)c(Oc2nc(-c3cnc(CC(C)(C)C)cn3)ns2)cc1C. The molecule has 2 aromatic heterocycles. The summed E-state index contributed by atoms with van der Waals surface area (Å²) < 4.78 is 10.5. The van der Waals surface area contributed by atoms with Crippen molar-refractivity contribution in [1.29, 1.82) is 0 Å². The zero-order valence-corrected chi connectivity index (χ0v) is 20.5. The van der Waals surface area contributed by atoms with Crippen LogP contribution >= 0.6 is 11.5 Å². The molecule has 0 saturated heterocycles. The molecule has 1 aromatic carbocycles. The van der Waals surface area contributed by atoms with Crippen LogP contribution in [-0.4, -0.2) is 44.4 Å². The third-order valence-electron chi connectivity index (χ3n) is 5.19. The summed E-state index contributed by atoms with van der Waals surface area (Å²) in [5.74, 6) is 1.36. The van der Waals surface area contributed by atoms with Crippen LogP contribution < -0.4 is 4.74 Å². The largest absolute Gasteiger partial charge is 0.430 e. The molecule has 0 aliphatic heterocycles. The molecule has 0 saturated carbocycles. The Bertz CT molecular complexity index is 1010. The van der Waals surface area contributed by atoms with E-state index < -0.39 is 0 Å². The molecule has 0 aliphatic rings. The smallest absolute Gasteiger partial charge is 0.299 e. The van der Waals surface area contributed by atoms with Gasteiger partial charge in [-0.05, 0) is 68.5 Å². The summed E-state index contributed by atoms with van der Waals surface area (Å²) in [6.07, 6.45) is 5.46. The van der Waals surface area contributed by atoms with Crippen LogP contribution in [0.3, 0.4) is 0 Å². The van der Waals surface area contributed by atoms with Crippen molar-refractivity contribution >= 4 is 11.5 Å². The molecule has 166 valence electrons. The van der Waals surface area contributed by atoms with Crippen molar-refractivity contribution in [3.63, 3.8) is 0 Å². The third kappa shape index (κ3) is 6.55. The molecule has 0 bridgehead atoms. The molecule has 0 spiro atoms. The first-order valence-corrected chi connectivity index (χ1v) is 11.5.